The Hall–Kier alpha value is -3.18. The minimum atomic E-state index is -0.783. The number of aliphatic hydroxyl groups excluding tert-OH is 1. The number of rotatable bonds is 68. The van der Waals surface area contributed by atoms with Gasteiger partial charge in [0.25, 0.3) is 0 Å². The van der Waals surface area contributed by atoms with Crippen LogP contribution in [-0.2, 0) is 19.1 Å². The second kappa shape index (κ2) is 74.1. The van der Waals surface area contributed by atoms with Crippen LogP contribution in [0.3, 0.4) is 0 Å². The van der Waals surface area contributed by atoms with Gasteiger partial charge < -0.3 is 14.6 Å². The molecular formula is C79H140O5. The third-order valence-corrected chi connectivity index (χ3v) is 16.4. The lowest BCUT2D eigenvalue weighted by atomic mass is 10.0. The van der Waals surface area contributed by atoms with Crippen molar-refractivity contribution in [2.45, 2.75) is 380 Å². The smallest absolute Gasteiger partial charge is 0.306 e. The molecule has 0 aromatic heterocycles. The number of unbranched alkanes of at least 4 members (excludes halogenated alkanes) is 44. The summed E-state index contributed by atoms with van der Waals surface area (Å²) >= 11 is 0. The van der Waals surface area contributed by atoms with E-state index in [0.717, 1.165) is 96.3 Å². The van der Waals surface area contributed by atoms with E-state index in [0.29, 0.717) is 12.8 Å². The number of hydrogen-bond acceptors (Lipinski definition) is 5. The summed E-state index contributed by atoms with van der Waals surface area (Å²) in [6, 6.07) is 0. The molecule has 0 heterocycles. The summed E-state index contributed by atoms with van der Waals surface area (Å²) in [5.41, 5.74) is 0. The van der Waals surface area contributed by atoms with Crippen LogP contribution in [0.15, 0.2) is 97.2 Å². The lowest BCUT2D eigenvalue weighted by Crippen LogP contribution is -2.28. The Balaban J connectivity index is 3.45. The average molecular weight is 1170 g/mol. The molecule has 0 aliphatic carbocycles. The van der Waals surface area contributed by atoms with Gasteiger partial charge >= 0.3 is 11.9 Å². The molecule has 5 nitrogen and oxygen atoms in total. The van der Waals surface area contributed by atoms with Gasteiger partial charge in [-0.25, -0.2) is 0 Å². The van der Waals surface area contributed by atoms with Crippen molar-refractivity contribution >= 4 is 11.9 Å². The number of carbonyl (C=O) groups excluding carboxylic acids is 2. The Morgan fingerprint density at radius 2 is 0.512 bits per heavy atom. The summed E-state index contributed by atoms with van der Waals surface area (Å²) < 4.78 is 10.8. The Morgan fingerprint density at radius 1 is 0.286 bits per heavy atom. The Kier molecular flexibility index (Phi) is 71.3. The second-order valence-corrected chi connectivity index (χ2v) is 24.7. The number of ether oxygens (including phenoxy) is 2. The molecule has 0 aromatic carbocycles. The second-order valence-electron chi connectivity index (χ2n) is 24.7. The van der Waals surface area contributed by atoms with E-state index < -0.39 is 6.10 Å². The monoisotopic (exact) mass is 1170 g/mol. The molecule has 1 unspecified atom stereocenters. The first-order chi connectivity index (χ1) is 41.6. The first-order valence-corrected chi connectivity index (χ1v) is 36.8. The largest absolute Gasteiger partial charge is 0.462 e. The molecule has 0 aromatic rings. The minimum absolute atomic E-state index is 0.0701. The quantitative estimate of drug-likeness (QED) is 0.0373. The molecule has 0 aliphatic rings. The van der Waals surface area contributed by atoms with Gasteiger partial charge in [0.2, 0.25) is 0 Å². The normalized spacial score (nSPS) is 12.8. The van der Waals surface area contributed by atoms with Gasteiger partial charge in [0.1, 0.15) is 6.61 Å². The summed E-state index contributed by atoms with van der Waals surface area (Å²) in [6.07, 6.45) is 106. The van der Waals surface area contributed by atoms with E-state index in [9.17, 15) is 14.7 Å². The molecule has 486 valence electrons. The number of allylic oxidation sites excluding steroid dienone is 16. The third kappa shape index (κ3) is 71.3. The highest BCUT2D eigenvalue weighted by molar-refractivity contribution is 5.70. The molecule has 0 radical (unpaired) electrons. The van der Waals surface area contributed by atoms with Crippen LogP contribution < -0.4 is 0 Å². The van der Waals surface area contributed by atoms with Gasteiger partial charge in [-0.1, -0.05) is 381 Å². The Morgan fingerprint density at radius 3 is 0.774 bits per heavy atom. The van der Waals surface area contributed by atoms with Gasteiger partial charge in [-0.15, -0.1) is 0 Å². The molecule has 0 fully saturated rings. The highest BCUT2D eigenvalue weighted by atomic mass is 16.6. The first kappa shape index (κ1) is 80.8. The molecule has 0 spiro atoms. The molecule has 0 saturated heterocycles. The van der Waals surface area contributed by atoms with E-state index in [-0.39, 0.29) is 25.2 Å². The van der Waals surface area contributed by atoms with Crippen LogP contribution >= 0.6 is 0 Å². The number of esters is 2. The SMILES string of the molecule is CC/C=C\C/C=C\C/C=C\C/C=C\C/C=C\C/C=C\C/C=C\C/C=C\CCCCCCCCCCC(=O)OC(CO)COC(=O)CCCCCCCCCCCCCCCCCCCCCCCCCCCCCCCCCCCCCCC. The standard InChI is InChI=1S/C79H140O5/c1-3-5-7-9-11-13-15-17-19-21-23-25-27-29-31-33-35-37-38-39-40-42-43-45-47-49-51-53-55-57-59-61-63-65-67-69-71-73-78(81)83-76-77(75-80)84-79(82)74-72-70-68-66-64-62-60-58-56-54-52-50-48-46-44-41-36-34-32-30-28-26-24-22-20-18-16-14-12-10-8-6-4-2/h6,8,12,14,18,20,24,26,30,32,36,41,46,48,52,54,77,80H,3-5,7,9-11,13,15-17,19,21-23,25,27-29,31,33-35,37-40,42-45,47,49-51,53,55-76H2,1-2H3/b8-6-,14-12-,20-18-,26-24-,32-30-,41-36-,48-46-,54-52-. The van der Waals surface area contributed by atoms with Crippen molar-refractivity contribution < 1.29 is 24.2 Å². The molecule has 0 rings (SSSR count). The van der Waals surface area contributed by atoms with E-state index >= 15 is 0 Å². The zero-order valence-corrected chi connectivity index (χ0v) is 55.9. The predicted molar refractivity (Wildman–Crippen MR) is 371 cm³/mol. The van der Waals surface area contributed by atoms with E-state index in [1.54, 1.807) is 0 Å². The van der Waals surface area contributed by atoms with Crippen LogP contribution in [-0.4, -0.2) is 36.4 Å². The molecule has 5 heteroatoms. The van der Waals surface area contributed by atoms with Crippen molar-refractivity contribution in [1.29, 1.82) is 0 Å². The first-order valence-electron chi connectivity index (χ1n) is 36.8. The van der Waals surface area contributed by atoms with Crippen LogP contribution in [0.5, 0.6) is 0 Å². The van der Waals surface area contributed by atoms with E-state index in [1.165, 1.54) is 250 Å². The fourth-order valence-electron chi connectivity index (χ4n) is 10.9. The fraction of sp³-hybridized carbons (Fsp3) is 0.772. The molecule has 0 amide bonds. The van der Waals surface area contributed by atoms with Gasteiger partial charge in [-0.05, 0) is 77.0 Å². The highest BCUT2D eigenvalue weighted by Gasteiger charge is 2.16. The topological polar surface area (TPSA) is 72.8 Å². The van der Waals surface area contributed by atoms with Gasteiger partial charge in [0, 0.05) is 12.8 Å². The van der Waals surface area contributed by atoms with Crippen LogP contribution in [0.1, 0.15) is 373 Å². The molecule has 0 bridgehead atoms. The summed E-state index contributed by atoms with van der Waals surface area (Å²) in [7, 11) is 0. The highest BCUT2D eigenvalue weighted by Crippen LogP contribution is 2.19. The number of hydrogen-bond donors (Lipinski definition) is 1. The van der Waals surface area contributed by atoms with E-state index in [4.69, 9.17) is 9.47 Å². The molecular weight excluding hydrogens is 1030 g/mol. The van der Waals surface area contributed by atoms with Crippen molar-refractivity contribution in [3.8, 4) is 0 Å². The van der Waals surface area contributed by atoms with Crippen LogP contribution in [0.25, 0.3) is 0 Å². The predicted octanol–water partition coefficient (Wildman–Crippen LogP) is 25.8. The molecule has 0 aliphatic heterocycles. The van der Waals surface area contributed by atoms with Crippen molar-refractivity contribution in [3.63, 3.8) is 0 Å². The molecule has 1 N–H and O–H groups in total. The van der Waals surface area contributed by atoms with E-state index in [2.05, 4.69) is 111 Å². The lowest BCUT2D eigenvalue weighted by Gasteiger charge is -2.15. The summed E-state index contributed by atoms with van der Waals surface area (Å²) in [6.45, 7) is 4.06. The maximum absolute atomic E-state index is 12.4. The van der Waals surface area contributed by atoms with Crippen LogP contribution in [0.2, 0.25) is 0 Å². The summed E-state index contributed by atoms with van der Waals surface area (Å²) in [5, 5.41) is 9.71. The zero-order chi connectivity index (χ0) is 60.5. The zero-order valence-electron chi connectivity index (χ0n) is 55.9. The van der Waals surface area contributed by atoms with Gasteiger partial charge in [0.15, 0.2) is 6.10 Å². The molecule has 1 atom stereocenters. The molecule has 0 saturated carbocycles. The van der Waals surface area contributed by atoms with Crippen LogP contribution in [0.4, 0.5) is 0 Å². The number of carbonyl (C=O) groups is 2. The van der Waals surface area contributed by atoms with Crippen molar-refractivity contribution in [3.05, 3.63) is 97.2 Å². The van der Waals surface area contributed by atoms with Crippen molar-refractivity contribution in [1.82, 2.24) is 0 Å². The van der Waals surface area contributed by atoms with Gasteiger partial charge in [-0.2, -0.15) is 0 Å². The van der Waals surface area contributed by atoms with E-state index in [1.807, 2.05) is 0 Å². The number of aliphatic hydroxyl groups is 1. The average Bonchev–Trinajstić information content (AvgIpc) is 3.51. The maximum atomic E-state index is 12.4. The summed E-state index contributed by atoms with van der Waals surface area (Å²) in [4.78, 5) is 24.7. The fourth-order valence-corrected chi connectivity index (χ4v) is 10.9. The third-order valence-electron chi connectivity index (χ3n) is 16.4. The Bertz CT molecular complexity index is 1560. The minimum Gasteiger partial charge on any atom is -0.462 e. The lowest BCUT2D eigenvalue weighted by molar-refractivity contribution is -0.161. The summed E-state index contributed by atoms with van der Waals surface area (Å²) in [5.74, 6) is -0.589. The van der Waals surface area contributed by atoms with Crippen molar-refractivity contribution in [2.24, 2.45) is 0 Å². The maximum Gasteiger partial charge on any atom is 0.306 e. The van der Waals surface area contributed by atoms with Gasteiger partial charge in [-0.3, -0.25) is 9.59 Å². The molecule has 84 heavy (non-hydrogen) atoms. The van der Waals surface area contributed by atoms with Gasteiger partial charge in [0.05, 0.1) is 6.61 Å². The van der Waals surface area contributed by atoms with Crippen LogP contribution in [0, 0.1) is 0 Å². The van der Waals surface area contributed by atoms with Crippen molar-refractivity contribution in [2.75, 3.05) is 13.2 Å². The Labute approximate surface area is 523 Å².